The standard InChI is InChI=1S/C13H18O3S/c1-13(2,3)9-7-8(5-6-10(9)14)11(17-4)12(15)16/h5-7,11,14H,1-4H3,(H,15,16)/t11-/m1/s1. The summed E-state index contributed by atoms with van der Waals surface area (Å²) in [4.78, 5) is 11.1. The Hall–Kier alpha value is -1.16. The van der Waals surface area contributed by atoms with Crippen molar-refractivity contribution >= 4 is 17.7 Å². The Bertz CT molecular complexity index is 421. The SMILES string of the molecule is CS[C@@H](C(=O)O)c1ccc(O)c(C(C)(C)C)c1. The Morgan fingerprint density at radius 1 is 1.35 bits per heavy atom. The molecule has 17 heavy (non-hydrogen) atoms. The lowest BCUT2D eigenvalue weighted by molar-refractivity contribution is -0.136. The highest BCUT2D eigenvalue weighted by Gasteiger charge is 2.23. The van der Waals surface area contributed by atoms with Crippen LogP contribution in [0.4, 0.5) is 0 Å². The molecule has 0 aromatic heterocycles. The summed E-state index contributed by atoms with van der Waals surface area (Å²) in [5.74, 6) is -0.644. The van der Waals surface area contributed by atoms with E-state index >= 15 is 0 Å². The van der Waals surface area contributed by atoms with Gasteiger partial charge in [-0.25, -0.2) is 0 Å². The number of thioether (sulfide) groups is 1. The summed E-state index contributed by atoms with van der Waals surface area (Å²) >= 11 is 1.28. The molecule has 2 N–H and O–H groups in total. The van der Waals surface area contributed by atoms with Gasteiger partial charge in [0.2, 0.25) is 0 Å². The predicted octanol–water partition coefficient (Wildman–Crippen LogP) is 3.18. The van der Waals surface area contributed by atoms with Crippen LogP contribution in [0.1, 0.15) is 37.1 Å². The molecule has 0 radical (unpaired) electrons. The molecule has 0 heterocycles. The smallest absolute Gasteiger partial charge is 0.321 e. The largest absolute Gasteiger partial charge is 0.508 e. The predicted molar refractivity (Wildman–Crippen MR) is 70.7 cm³/mol. The van der Waals surface area contributed by atoms with Crippen LogP contribution in [0.2, 0.25) is 0 Å². The zero-order chi connectivity index (χ0) is 13.2. The van der Waals surface area contributed by atoms with E-state index in [1.807, 2.05) is 20.8 Å². The van der Waals surface area contributed by atoms with Gasteiger partial charge in [0, 0.05) is 0 Å². The fourth-order valence-corrected chi connectivity index (χ4v) is 2.32. The molecule has 0 saturated heterocycles. The maximum absolute atomic E-state index is 11.1. The average molecular weight is 254 g/mol. The number of aliphatic carboxylic acids is 1. The Morgan fingerprint density at radius 3 is 2.35 bits per heavy atom. The van der Waals surface area contributed by atoms with Crippen molar-refractivity contribution in [3.63, 3.8) is 0 Å². The lowest BCUT2D eigenvalue weighted by atomic mass is 9.85. The number of phenolic OH excluding ortho intramolecular Hbond substituents is 1. The van der Waals surface area contributed by atoms with E-state index in [0.29, 0.717) is 5.56 Å². The highest BCUT2D eigenvalue weighted by atomic mass is 32.2. The van der Waals surface area contributed by atoms with E-state index in [0.717, 1.165) is 5.56 Å². The van der Waals surface area contributed by atoms with E-state index in [1.165, 1.54) is 11.8 Å². The van der Waals surface area contributed by atoms with E-state index in [-0.39, 0.29) is 11.2 Å². The summed E-state index contributed by atoms with van der Waals surface area (Å²) in [6.07, 6.45) is 1.77. The highest BCUT2D eigenvalue weighted by Crippen LogP contribution is 2.35. The molecule has 0 unspecified atom stereocenters. The molecule has 0 saturated carbocycles. The number of carboxylic acid groups (broad SMARTS) is 1. The van der Waals surface area contributed by atoms with Crippen LogP contribution in [0.15, 0.2) is 18.2 Å². The number of rotatable bonds is 3. The molecule has 0 aliphatic rings. The first kappa shape index (κ1) is 13.9. The number of hydrogen-bond acceptors (Lipinski definition) is 3. The number of phenols is 1. The first-order valence-corrected chi connectivity index (χ1v) is 6.65. The summed E-state index contributed by atoms with van der Waals surface area (Å²) in [6.45, 7) is 5.96. The molecule has 1 atom stereocenters. The molecule has 0 aliphatic heterocycles. The minimum atomic E-state index is -0.858. The third kappa shape index (κ3) is 3.16. The van der Waals surface area contributed by atoms with Gasteiger partial charge >= 0.3 is 5.97 Å². The van der Waals surface area contributed by atoms with E-state index in [1.54, 1.807) is 24.5 Å². The minimum Gasteiger partial charge on any atom is -0.508 e. The lowest BCUT2D eigenvalue weighted by Gasteiger charge is -2.22. The molecular formula is C13H18O3S. The van der Waals surface area contributed by atoms with Gasteiger partial charge in [-0.05, 0) is 34.9 Å². The molecule has 0 aliphatic carbocycles. The van der Waals surface area contributed by atoms with Gasteiger partial charge in [0.25, 0.3) is 0 Å². The van der Waals surface area contributed by atoms with Gasteiger partial charge in [-0.3, -0.25) is 4.79 Å². The van der Waals surface area contributed by atoms with Gasteiger partial charge in [0.15, 0.2) is 0 Å². The van der Waals surface area contributed by atoms with Crippen LogP contribution in [-0.2, 0) is 10.2 Å². The Kier molecular flexibility index (Phi) is 4.09. The number of carbonyl (C=O) groups is 1. The van der Waals surface area contributed by atoms with Gasteiger partial charge in [-0.15, -0.1) is 11.8 Å². The van der Waals surface area contributed by atoms with Crippen molar-refractivity contribution in [1.29, 1.82) is 0 Å². The Labute approximate surface area is 106 Å². The van der Waals surface area contributed by atoms with Gasteiger partial charge < -0.3 is 10.2 Å². The third-order valence-corrected chi connectivity index (χ3v) is 3.54. The zero-order valence-electron chi connectivity index (χ0n) is 10.5. The van der Waals surface area contributed by atoms with Crippen LogP contribution in [0.3, 0.4) is 0 Å². The second-order valence-corrected chi connectivity index (χ2v) is 5.92. The number of benzene rings is 1. The van der Waals surface area contributed by atoms with Gasteiger partial charge in [-0.2, -0.15) is 0 Å². The maximum atomic E-state index is 11.1. The van der Waals surface area contributed by atoms with E-state index in [9.17, 15) is 9.90 Å². The highest BCUT2D eigenvalue weighted by molar-refractivity contribution is 7.99. The summed E-state index contributed by atoms with van der Waals surface area (Å²) in [5.41, 5.74) is 1.28. The molecule has 1 aromatic rings. The number of hydrogen-bond donors (Lipinski definition) is 2. The molecule has 4 heteroatoms. The quantitative estimate of drug-likeness (QED) is 0.869. The van der Waals surface area contributed by atoms with Crippen LogP contribution in [0.25, 0.3) is 0 Å². The summed E-state index contributed by atoms with van der Waals surface area (Å²) < 4.78 is 0. The van der Waals surface area contributed by atoms with Crippen molar-refractivity contribution in [2.75, 3.05) is 6.26 Å². The molecule has 1 aromatic carbocycles. The molecule has 0 amide bonds. The van der Waals surface area contributed by atoms with Crippen molar-refractivity contribution in [3.8, 4) is 5.75 Å². The van der Waals surface area contributed by atoms with Crippen molar-refractivity contribution in [3.05, 3.63) is 29.3 Å². The first-order chi connectivity index (χ1) is 7.77. The van der Waals surface area contributed by atoms with E-state index < -0.39 is 11.2 Å². The van der Waals surface area contributed by atoms with E-state index in [2.05, 4.69) is 0 Å². The molecule has 0 fully saturated rings. The Balaban J connectivity index is 3.25. The molecule has 0 spiro atoms. The zero-order valence-corrected chi connectivity index (χ0v) is 11.3. The second kappa shape index (κ2) is 5.00. The number of aromatic hydroxyl groups is 1. The van der Waals surface area contributed by atoms with Gasteiger partial charge in [0.1, 0.15) is 11.0 Å². The molecule has 3 nitrogen and oxygen atoms in total. The summed E-state index contributed by atoms with van der Waals surface area (Å²) in [6, 6.07) is 5.02. The fourth-order valence-electron chi connectivity index (χ4n) is 1.70. The minimum absolute atomic E-state index is 0.207. The molecule has 1 rings (SSSR count). The first-order valence-electron chi connectivity index (χ1n) is 5.36. The maximum Gasteiger partial charge on any atom is 0.321 e. The molecule has 94 valence electrons. The van der Waals surface area contributed by atoms with Crippen LogP contribution in [-0.4, -0.2) is 22.4 Å². The molecular weight excluding hydrogens is 236 g/mol. The van der Waals surface area contributed by atoms with Crippen molar-refractivity contribution < 1.29 is 15.0 Å². The number of carboxylic acids is 1. The fraction of sp³-hybridized carbons (Fsp3) is 0.462. The Morgan fingerprint density at radius 2 is 1.94 bits per heavy atom. The van der Waals surface area contributed by atoms with Crippen LogP contribution in [0, 0.1) is 0 Å². The van der Waals surface area contributed by atoms with Crippen LogP contribution >= 0.6 is 11.8 Å². The topological polar surface area (TPSA) is 57.5 Å². The lowest BCUT2D eigenvalue weighted by Crippen LogP contribution is -2.14. The second-order valence-electron chi connectivity index (χ2n) is 4.98. The van der Waals surface area contributed by atoms with Gasteiger partial charge in [0.05, 0.1) is 0 Å². The van der Waals surface area contributed by atoms with Crippen molar-refractivity contribution in [2.24, 2.45) is 0 Å². The van der Waals surface area contributed by atoms with Crippen LogP contribution in [0.5, 0.6) is 5.75 Å². The van der Waals surface area contributed by atoms with Crippen molar-refractivity contribution in [1.82, 2.24) is 0 Å². The molecule has 0 bridgehead atoms. The van der Waals surface area contributed by atoms with Crippen LogP contribution < -0.4 is 0 Å². The average Bonchev–Trinajstić information content (AvgIpc) is 2.19. The van der Waals surface area contributed by atoms with Crippen molar-refractivity contribution in [2.45, 2.75) is 31.4 Å². The summed E-state index contributed by atoms with van der Waals surface area (Å²) in [7, 11) is 0. The summed E-state index contributed by atoms with van der Waals surface area (Å²) in [5, 5.41) is 18.3. The monoisotopic (exact) mass is 254 g/mol. The van der Waals surface area contributed by atoms with E-state index in [4.69, 9.17) is 5.11 Å². The van der Waals surface area contributed by atoms with Gasteiger partial charge in [-0.1, -0.05) is 26.8 Å². The third-order valence-electron chi connectivity index (χ3n) is 2.59. The normalized spacial score (nSPS) is 13.4.